The summed E-state index contributed by atoms with van der Waals surface area (Å²) < 4.78 is 33.4. The summed E-state index contributed by atoms with van der Waals surface area (Å²) in [4.78, 5) is 29.1. The van der Waals surface area contributed by atoms with E-state index in [1.165, 1.54) is 37.8 Å². The van der Waals surface area contributed by atoms with Crippen molar-refractivity contribution in [2.75, 3.05) is 72.7 Å². The minimum absolute atomic E-state index is 0.177. The van der Waals surface area contributed by atoms with Crippen LogP contribution >= 0.6 is 0 Å². The number of oxime groups is 1. The van der Waals surface area contributed by atoms with E-state index in [4.69, 9.17) is 33.3 Å². The van der Waals surface area contributed by atoms with E-state index in [0.717, 1.165) is 17.7 Å². The molecule has 240 valence electrons. The largest absolute Gasteiger partial charge is 0.491 e. The van der Waals surface area contributed by atoms with Crippen LogP contribution in [0.4, 0.5) is 0 Å². The third-order valence-electron chi connectivity index (χ3n) is 6.49. The van der Waals surface area contributed by atoms with Gasteiger partial charge >= 0.3 is 0 Å². The van der Waals surface area contributed by atoms with Crippen molar-refractivity contribution in [3.05, 3.63) is 71.3 Å². The van der Waals surface area contributed by atoms with E-state index < -0.39 is 0 Å². The SMILES string of the molecule is CCCCCCCO/N=C/c1cccc(OCCOCCOCCOCCOCCOc2ccc3c(c2)C(=O)C=CC3=O)c1. The third kappa shape index (κ3) is 14.3. The Balaban J connectivity index is 1.08. The fourth-order valence-electron chi connectivity index (χ4n) is 4.17. The monoisotopic (exact) mass is 611 g/mol. The lowest BCUT2D eigenvalue weighted by Crippen LogP contribution is -2.15. The van der Waals surface area contributed by atoms with Gasteiger partial charge in [0.1, 0.15) is 31.3 Å². The van der Waals surface area contributed by atoms with Gasteiger partial charge in [0, 0.05) is 11.1 Å². The number of carbonyl (C=O) groups excluding carboxylic acids is 2. The molecule has 0 fully saturated rings. The molecule has 0 spiro atoms. The number of unbranched alkanes of at least 4 members (excludes halogenated alkanes) is 4. The number of rotatable bonds is 25. The number of carbonyl (C=O) groups is 2. The molecule has 0 heterocycles. The van der Waals surface area contributed by atoms with Crippen LogP contribution in [0, 0.1) is 0 Å². The van der Waals surface area contributed by atoms with Gasteiger partial charge in [0.15, 0.2) is 11.6 Å². The van der Waals surface area contributed by atoms with Crippen molar-refractivity contribution in [2.24, 2.45) is 5.16 Å². The molecule has 0 unspecified atom stereocenters. The summed E-state index contributed by atoms with van der Waals surface area (Å²) >= 11 is 0. The standard InChI is InChI=1S/C34H45NO9/c1-2-3-4-5-6-14-44-35-27-28-8-7-9-29(25-28)42-23-21-40-19-17-38-15-16-39-18-20-41-22-24-43-30-10-11-31-32(26-30)34(37)13-12-33(31)36/h7-13,25-27H,2-6,14-24H2,1H3/b35-27+. The van der Waals surface area contributed by atoms with E-state index in [-0.39, 0.29) is 11.6 Å². The molecule has 0 bridgehead atoms. The summed E-state index contributed by atoms with van der Waals surface area (Å²) in [5.41, 5.74) is 1.68. The highest BCUT2D eigenvalue weighted by atomic mass is 16.6. The quantitative estimate of drug-likeness (QED) is 0.0820. The van der Waals surface area contributed by atoms with E-state index in [1.54, 1.807) is 24.4 Å². The first kappa shape index (κ1) is 34.9. The maximum absolute atomic E-state index is 11.9. The predicted molar refractivity (Wildman–Crippen MR) is 167 cm³/mol. The molecule has 2 aromatic rings. The topological polar surface area (TPSA) is 111 Å². The average molecular weight is 612 g/mol. The van der Waals surface area contributed by atoms with Crippen molar-refractivity contribution in [1.29, 1.82) is 0 Å². The number of allylic oxidation sites excluding steroid dienone is 2. The summed E-state index contributed by atoms with van der Waals surface area (Å²) in [5.74, 6) is 0.901. The van der Waals surface area contributed by atoms with Gasteiger partial charge in [0.2, 0.25) is 0 Å². The molecule has 0 N–H and O–H groups in total. The molecule has 10 heteroatoms. The molecule has 1 aliphatic rings. The molecule has 0 amide bonds. The van der Waals surface area contributed by atoms with Crippen molar-refractivity contribution in [1.82, 2.24) is 0 Å². The molecule has 10 nitrogen and oxygen atoms in total. The molecular weight excluding hydrogens is 566 g/mol. The van der Waals surface area contributed by atoms with Crippen LogP contribution in [-0.4, -0.2) is 90.5 Å². The lowest BCUT2D eigenvalue weighted by molar-refractivity contribution is -0.00699. The summed E-state index contributed by atoms with van der Waals surface area (Å²) in [7, 11) is 0. The van der Waals surface area contributed by atoms with E-state index in [2.05, 4.69) is 12.1 Å². The normalized spacial score (nSPS) is 12.6. The van der Waals surface area contributed by atoms with Gasteiger partial charge in [0.05, 0.1) is 59.1 Å². The summed E-state index contributed by atoms with van der Waals surface area (Å²) in [6, 6.07) is 12.6. The van der Waals surface area contributed by atoms with Gasteiger partial charge in [-0.2, -0.15) is 0 Å². The van der Waals surface area contributed by atoms with Crippen molar-refractivity contribution in [3.8, 4) is 11.5 Å². The van der Waals surface area contributed by atoms with E-state index in [9.17, 15) is 9.59 Å². The van der Waals surface area contributed by atoms with E-state index >= 15 is 0 Å². The first-order chi connectivity index (χ1) is 21.7. The van der Waals surface area contributed by atoms with Crippen LogP contribution in [0.3, 0.4) is 0 Å². The van der Waals surface area contributed by atoms with Gasteiger partial charge in [-0.15, -0.1) is 0 Å². The zero-order valence-corrected chi connectivity index (χ0v) is 25.7. The van der Waals surface area contributed by atoms with Crippen LogP contribution in [0.15, 0.2) is 59.8 Å². The highest BCUT2D eigenvalue weighted by molar-refractivity contribution is 6.22. The number of hydrogen-bond acceptors (Lipinski definition) is 10. The lowest BCUT2D eigenvalue weighted by Gasteiger charge is -2.12. The second-order valence-electron chi connectivity index (χ2n) is 9.97. The number of ketones is 2. The smallest absolute Gasteiger partial charge is 0.186 e. The molecule has 0 radical (unpaired) electrons. The van der Waals surface area contributed by atoms with Gasteiger partial charge in [0.25, 0.3) is 0 Å². The maximum atomic E-state index is 11.9. The Morgan fingerprint density at radius 1 is 0.591 bits per heavy atom. The van der Waals surface area contributed by atoms with E-state index in [1.807, 2.05) is 24.3 Å². The Kier molecular flexibility index (Phi) is 17.5. The van der Waals surface area contributed by atoms with Crippen molar-refractivity contribution in [2.45, 2.75) is 39.0 Å². The van der Waals surface area contributed by atoms with Crippen LogP contribution in [-0.2, 0) is 23.8 Å². The number of hydrogen-bond donors (Lipinski definition) is 0. The van der Waals surface area contributed by atoms with Crippen molar-refractivity contribution < 1.29 is 42.8 Å². The fraction of sp³-hybridized carbons (Fsp3) is 0.500. The van der Waals surface area contributed by atoms with Gasteiger partial charge in [-0.3, -0.25) is 9.59 Å². The average Bonchev–Trinajstić information content (AvgIpc) is 3.04. The van der Waals surface area contributed by atoms with E-state index in [0.29, 0.717) is 89.6 Å². The Labute approximate surface area is 260 Å². The molecule has 0 atom stereocenters. The first-order valence-electron chi connectivity index (χ1n) is 15.4. The Morgan fingerprint density at radius 2 is 1.16 bits per heavy atom. The zero-order chi connectivity index (χ0) is 31.1. The molecular formula is C34H45NO9. The highest BCUT2D eigenvalue weighted by Crippen LogP contribution is 2.22. The van der Waals surface area contributed by atoms with Gasteiger partial charge in [-0.1, -0.05) is 43.5 Å². The summed E-state index contributed by atoms with van der Waals surface area (Å²) in [6.07, 6.45) is 10.2. The van der Waals surface area contributed by atoms with Crippen molar-refractivity contribution in [3.63, 3.8) is 0 Å². The number of fused-ring (bicyclic) bond motifs is 1. The van der Waals surface area contributed by atoms with Crippen LogP contribution in [0.5, 0.6) is 11.5 Å². The second-order valence-corrected chi connectivity index (χ2v) is 9.97. The van der Waals surface area contributed by atoms with Gasteiger partial charge < -0.3 is 33.3 Å². The first-order valence-corrected chi connectivity index (χ1v) is 15.4. The van der Waals surface area contributed by atoms with Crippen molar-refractivity contribution >= 4 is 17.8 Å². The molecule has 44 heavy (non-hydrogen) atoms. The molecule has 1 aliphatic carbocycles. The predicted octanol–water partition coefficient (Wildman–Crippen LogP) is 5.47. The van der Waals surface area contributed by atoms with Gasteiger partial charge in [-0.25, -0.2) is 0 Å². The second kappa shape index (κ2) is 22.0. The Morgan fingerprint density at radius 3 is 1.80 bits per heavy atom. The minimum atomic E-state index is -0.200. The number of ether oxygens (including phenoxy) is 6. The van der Waals surface area contributed by atoms with Gasteiger partial charge in [-0.05, 0) is 60.9 Å². The highest BCUT2D eigenvalue weighted by Gasteiger charge is 2.19. The molecule has 0 saturated carbocycles. The Hall–Kier alpha value is -3.57. The molecule has 0 aliphatic heterocycles. The minimum Gasteiger partial charge on any atom is -0.491 e. The summed E-state index contributed by atoms with van der Waals surface area (Å²) in [5, 5.41) is 4.04. The molecule has 2 aromatic carbocycles. The third-order valence-corrected chi connectivity index (χ3v) is 6.49. The number of benzene rings is 2. The van der Waals surface area contributed by atoms with Crippen LogP contribution < -0.4 is 9.47 Å². The fourth-order valence-corrected chi connectivity index (χ4v) is 4.17. The molecule has 3 rings (SSSR count). The Bertz CT molecular complexity index is 1180. The molecule has 0 saturated heterocycles. The lowest BCUT2D eigenvalue weighted by atomic mass is 9.95. The summed E-state index contributed by atoms with van der Waals surface area (Å²) in [6.45, 7) is 7.19. The number of nitrogens with zero attached hydrogens (tertiary/aromatic N) is 1. The van der Waals surface area contributed by atoms with Crippen LogP contribution in [0.2, 0.25) is 0 Å². The van der Waals surface area contributed by atoms with Crippen LogP contribution in [0.1, 0.15) is 65.3 Å². The maximum Gasteiger partial charge on any atom is 0.186 e. The zero-order valence-electron chi connectivity index (χ0n) is 25.7. The van der Waals surface area contributed by atoms with Crippen LogP contribution in [0.25, 0.3) is 0 Å². The molecule has 0 aromatic heterocycles.